The molecule has 1 aliphatic rings. The van der Waals surface area contributed by atoms with E-state index in [4.69, 9.17) is 9.47 Å². The fraction of sp³-hybridized carbons (Fsp3) is 0.375. The van der Waals surface area contributed by atoms with Gasteiger partial charge in [-0.2, -0.15) is 0 Å². The fourth-order valence-corrected chi connectivity index (χ4v) is 2.08. The molecule has 3 rings (SSSR count). The number of hydrogen-bond acceptors (Lipinski definition) is 5. The van der Waals surface area contributed by atoms with Gasteiger partial charge in [-0.05, 0) is 25.0 Å². The van der Waals surface area contributed by atoms with Crippen LogP contribution in [0.25, 0.3) is 11.4 Å². The maximum absolute atomic E-state index is 5.27. The number of nitrogens with zero attached hydrogens (tertiary/aromatic N) is 2. The van der Waals surface area contributed by atoms with Crippen molar-refractivity contribution in [2.45, 2.75) is 25.4 Å². The molecule has 5 heteroatoms. The molecule has 0 amide bonds. The van der Waals surface area contributed by atoms with Gasteiger partial charge in [0.1, 0.15) is 11.5 Å². The van der Waals surface area contributed by atoms with Crippen LogP contribution in [0.5, 0.6) is 11.5 Å². The van der Waals surface area contributed by atoms with Crippen molar-refractivity contribution < 1.29 is 9.47 Å². The van der Waals surface area contributed by atoms with Gasteiger partial charge in [0.05, 0.1) is 14.2 Å². The number of hydrogen-bond donors (Lipinski definition) is 1. The van der Waals surface area contributed by atoms with Gasteiger partial charge in [0.25, 0.3) is 0 Å². The first-order chi connectivity index (χ1) is 10.3. The van der Waals surface area contributed by atoms with Crippen molar-refractivity contribution >= 4 is 0 Å². The Bertz CT molecular complexity index is 587. The summed E-state index contributed by atoms with van der Waals surface area (Å²) in [6, 6.07) is 6.32. The monoisotopic (exact) mass is 285 g/mol. The van der Waals surface area contributed by atoms with Gasteiger partial charge in [0.2, 0.25) is 0 Å². The van der Waals surface area contributed by atoms with Crippen molar-refractivity contribution in [3.05, 3.63) is 36.2 Å². The number of methoxy groups -OCH3 is 2. The minimum Gasteiger partial charge on any atom is -0.497 e. The lowest BCUT2D eigenvalue weighted by Gasteiger charge is -2.08. The highest BCUT2D eigenvalue weighted by molar-refractivity contribution is 5.60. The van der Waals surface area contributed by atoms with Crippen LogP contribution in [-0.2, 0) is 6.54 Å². The Morgan fingerprint density at radius 1 is 1.05 bits per heavy atom. The summed E-state index contributed by atoms with van der Waals surface area (Å²) in [6.45, 7) is 0.826. The topological polar surface area (TPSA) is 56.3 Å². The van der Waals surface area contributed by atoms with Gasteiger partial charge in [-0.25, -0.2) is 9.97 Å². The second-order valence-electron chi connectivity index (χ2n) is 5.17. The van der Waals surface area contributed by atoms with Crippen LogP contribution in [0.4, 0.5) is 0 Å². The first kappa shape index (κ1) is 13.8. The normalized spacial score (nSPS) is 14.0. The highest BCUT2D eigenvalue weighted by atomic mass is 16.5. The Labute approximate surface area is 124 Å². The molecule has 21 heavy (non-hydrogen) atoms. The van der Waals surface area contributed by atoms with Gasteiger partial charge in [-0.1, -0.05) is 0 Å². The lowest BCUT2D eigenvalue weighted by Crippen LogP contribution is -2.15. The number of ether oxygens (including phenoxy) is 2. The van der Waals surface area contributed by atoms with Gasteiger partial charge < -0.3 is 14.8 Å². The largest absolute Gasteiger partial charge is 0.497 e. The molecule has 1 N–H and O–H groups in total. The zero-order chi connectivity index (χ0) is 14.7. The molecule has 1 heterocycles. The predicted octanol–water partition coefficient (Wildman–Crippen LogP) is 2.41. The molecule has 0 spiro atoms. The average molecular weight is 285 g/mol. The number of aromatic nitrogens is 2. The van der Waals surface area contributed by atoms with Crippen molar-refractivity contribution in [1.82, 2.24) is 15.3 Å². The summed E-state index contributed by atoms with van der Waals surface area (Å²) in [4.78, 5) is 8.87. The van der Waals surface area contributed by atoms with Crippen LogP contribution in [0.3, 0.4) is 0 Å². The van der Waals surface area contributed by atoms with Crippen LogP contribution in [0, 0.1) is 0 Å². The van der Waals surface area contributed by atoms with E-state index in [2.05, 4.69) is 15.3 Å². The average Bonchev–Trinajstić information content (AvgIpc) is 3.37. The lowest BCUT2D eigenvalue weighted by atomic mass is 10.2. The zero-order valence-electron chi connectivity index (χ0n) is 12.3. The molecule has 1 aromatic carbocycles. The second kappa shape index (κ2) is 6.10. The number of nitrogens with one attached hydrogen (secondary N) is 1. The maximum Gasteiger partial charge on any atom is 0.159 e. The van der Waals surface area contributed by atoms with Crippen LogP contribution < -0.4 is 14.8 Å². The molecule has 1 aromatic heterocycles. The summed E-state index contributed by atoms with van der Waals surface area (Å²) in [5, 5.41) is 3.45. The highest BCUT2D eigenvalue weighted by Crippen LogP contribution is 2.27. The first-order valence-electron chi connectivity index (χ1n) is 7.06. The zero-order valence-corrected chi connectivity index (χ0v) is 12.3. The van der Waals surface area contributed by atoms with Gasteiger partial charge in [0, 0.05) is 42.2 Å². The summed E-state index contributed by atoms with van der Waals surface area (Å²) in [5.74, 6) is 2.13. The third-order valence-electron chi connectivity index (χ3n) is 3.49. The Kier molecular flexibility index (Phi) is 4.01. The Balaban J connectivity index is 1.78. The van der Waals surface area contributed by atoms with Gasteiger partial charge in [-0.15, -0.1) is 0 Å². The molecule has 0 bridgehead atoms. The molecule has 0 radical (unpaired) electrons. The van der Waals surface area contributed by atoms with E-state index in [0.717, 1.165) is 29.2 Å². The first-order valence-corrected chi connectivity index (χ1v) is 7.06. The maximum atomic E-state index is 5.27. The molecule has 110 valence electrons. The Morgan fingerprint density at radius 3 is 2.19 bits per heavy atom. The van der Waals surface area contributed by atoms with Crippen LogP contribution in [0.1, 0.15) is 18.4 Å². The smallest absolute Gasteiger partial charge is 0.159 e. The van der Waals surface area contributed by atoms with Crippen LogP contribution >= 0.6 is 0 Å². The second-order valence-corrected chi connectivity index (χ2v) is 5.17. The SMILES string of the molecule is COc1cc(OC)cc(-c2ncc(CNC3CC3)cn2)c1. The van der Waals surface area contributed by atoms with E-state index in [9.17, 15) is 0 Å². The van der Waals surface area contributed by atoms with Crippen LogP contribution in [-0.4, -0.2) is 30.2 Å². The molecule has 5 nitrogen and oxygen atoms in total. The summed E-state index contributed by atoms with van der Waals surface area (Å²) in [5.41, 5.74) is 1.98. The Hall–Kier alpha value is -2.14. The van der Waals surface area contributed by atoms with Crippen molar-refractivity contribution in [3.8, 4) is 22.9 Å². The molecule has 1 aliphatic carbocycles. The molecule has 0 aliphatic heterocycles. The minimum atomic E-state index is 0.669. The van der Waals surface area contributed by atoms with Crippen molar-refractivity contribution in [2.24, 2.45) is 0 Å². The van der Waals surface area contributed by atoms with Gasteiger partial charge in [0.15, 0.2) is 5.82 Å². The molecule has 0 atom stereocenters. The highest BCUT2D eigenvalue weighted by Gasteiger charge is 2.20. The van der Waals surface area contributed by atoms with Gasteiger partial charge >= 0.3 is 0 Å². The quantitative estimate of drug-likeness (QED) is 0.883. The van der Waals surface area contributed by atoms with E-state index in [-0.39, 0.29) is 0 Å². The minimum absolute atomic E-state index is 0.669. The summed E-state index contributed by atoms with van der Waals surface area (Å²) in [7, 11) is 3.26. The number of benzene rings is 1. The van der Waals surface area contributed by atoms with Crippen molar-refractivity contribution in [1.29, 1.82) is 0 Å². The lowest BCUT2D eigenvalue weighted by molar-refractivity contribution is 0.394. The fourth-order valence-electron chi connectivity index (χ4n) is 2.08. The molecule has 0 unspecified atom stereocenters. The number of rotatable bonds is 6. The molecular weight excluding hydrogens is 266 g/mol. The summed E-state index contributed by atoms with van der Waals surface area (Å²) < 4.78 is 10.5. The van der Waals surface area contributed by atoms with E-state index in [0.29, 0.717) is 11.9 Å². The molecule has 1 fully saturated rings. The van der Waals surface area contributed by atoms with Gasteiger partial charge in [-0.3, -0.25) is 0 Å². The molecular formula is C16H19N3O2. The predicted molar refractivity (Wildman–Crippen MR) is 80.4 cm³/mol. The van der Waals surface area contributed by atoms with E-state index in [1.54, 1.807) is 14.2 Å². The van der Waals surface area contributed by atoms with Crippen molar-refractivity contribution in [2.75, 3.05) is 14.2 Å². The third-order valence-corrected chi connectivity index (χ3v) is 3.49. The summed E-state index contributed by atoms with van der Waals surface area (Å²) in [6.07, 6.45) is 6.29. The molecule has 0 saturated heterocycles. The van der Waals surface area contributed by atoms with Crippen LogP contribution in [0.15, 0.2) is 30.6 Å². The van der Waals surface area contributed by atoms with E-state index >= 15 is 0 Å². The van der Waals surface area contributed by atoms with E-state index in [1.165, 1.54) is 12.8 Å². The van der Waals surface area contributed by atoms with Crippen molar-refractivity contribution in [3.63, 3.8) is 0 Å². The molecule has 2 aromatic rings. The molecule has 1 saturated carbocycles. The van der Waals surface area contributed by atoms with E-state index in [1.807, 2.05) is 30.6 Å². The standard InChI is InChI=1S/C16H19N3O2/c1-20-14-5-12(6-15(7-14)21-2)16-18-9-11(10-19-16)8-17-13-3-4-13/h5-7,9-10,13,17H,3-4,8H2,1-2H3. The third kappa shape index (κ3) is 3.49. The van der Waals surface area contributed by atoms with E-state index < -0.39 is 0 Å². The summed E-state index contributed by atoms with van der Waals surface area (Å²) >= 11 is 0. The Morgan fingerprint density at radius 2 is 1.67 bits per heavy atom. The van der Waals surface area contributed by atoms with Crippen LogP contribution in [0.2, 0.25) is 0 Å².